The molecule has 0 saturated carbocycles. The van der Waals surface area contributed by atoms with Crippen molar-refractivity contribution in [3.05, 3.63) is 29.8 Å². The van der Waals surface area contributed by atoms with Crippen LogP contribution < -0.4 is 5.73 Å². The van der Waals surface area contributed by atoms with Crippen molar-refractivity contribution in [3.8, 4) is 0 Å². The summed E-state index contributed by atoms with van der Waals surface area (Å²) in [6.45, 7) is -0.149. The van der Waals surface area contributed by atoms with Gasteiger partial charge in [-0.1, -0.05) is 12.1 Å². The molecule has 1 heterocycles. The predicted octanol–water partition coefficient (Wildman–Crippen LogP) is -0.477. The third-order valence-corrected chi connectivity index (χ3v) is 3.79. The van der Waals surface area contributed by atoms with Crippen LogP contribution in [-0.2, 0) is 16.1 Å². The minimum absolute atomic E-state index is 0.253. The number of ether oxygens (including phenoxy) is 2. The average molecular weight is 301 g/mol. The van der Waals surface area contributed by atoms with Crippen molar-refractivity contribution in [2.75, 3.05) is 12.3 Å². The molecule has 1 aromatic carbocycles. The summed E-state index contributed by atoms with van der Waals surface area (Å²) in [5.41, 5.74) is 7.14. The molecule has 0 bridgehead atoms. The smallest absolute Gasteiger partial charge is 0.172 e. The maximum Gasteiger partial charge on any atom is 0.172 e. The molecule has 20 heavy (non-hydrogen) atoms. The van der Waals surface area contributed by atoms with Crippen molar-refractivity contribution in [1.29, 1.82) is 0 Å². The van der Waals surface area contributed by atoms with E-state index in [9.17, 15) is 10.2 Å². The molecule has 0 aromatic heterocycles. The van der Waals surface area contributed by atoms with Gasteiger partial charge < -0.3 is 30.5 Å². The molecule has 0 spiro atoms. The first-order chi connectivity index (χ1) is 9.52. The number of rotatable bonds is 4. The Morgan fingerprint density at radius 2 is 1.85 bits per heavy atom. The molecule has 1 aliphatic rings. The summed E-state index contributed by atoms with van der Waals surface area (Å²) >= 11 is 4.19. The summed E-state index contributed by atoms with van der Waals surface area (Å²) < 4.78 is 10.9. The number of hydrogen-bond acceptors (Lipinski definition) is 7. The zero-order valence-corrected chi connectivity index (χ0v) is 11.7. The van der Waals surface area contributed by atoms with E-state index in [2.05, 4.69) is 12.6 Å². The van der Waals surface area contributed by atoms with Gasteiger partial charge in [0.25, 0.3) is 0 Å². The third-order valence-electron chi connectivity index (χ3n) is 3.24. The van der Waals surface area contributed by atoms with E-state index in [0.717, 1.165) is 5.56 Å². The van der Waals surface area contributed by atoms with Crippen LogP contribution in [0.1, 0.15) is 5.56 Å². The third kappa shape index (κ3) is 3.43. The van der Waals surface area contributed by atoms with E-state index in [1.165, 1.54) is 0 Å². The minimum Gasteiger partial charge on any atom is -0.399 e. The Kier molecular flexibility index (Phi) is 5.25. The molecule has 0 radical (unpaired) electrons. The van der Waals surface area contributed by atoms with E-state index in [1.54, 1.807) is 12.1 Å². The Morgan fingerprint density at radius 3 is 2.45 bits per heavy atom. The van der Waals surface area contributed by atoms with Gasteiger partial charge in [-0.2, -0.15) is 12.6 Å². The zero-order chi connectivity index (χ0) is 14.7. The Hall–Kier alpha value is -0.830. The summed E-state index contributed by atoms with van der Waals surface area (Å²) in [4.78, 5) is 0. The largest absolute Gasteiger partial charge is 0.399 e. The van der Waals surface area contributed by atoms with E-state index in [1.807, 2.05) is 12.1 Å². The van der Waals surface area contributed by atoms with Gasteiger partial charge in [0.1, 0.15) is 12.2 Å². The first-order valence-corrected chi connectivity index (χ1v) is 6.81. The van der Waals surface area contributed by atoms with Crippen molar-refractivity contribution in [2.24, 2.45) is 0 Å². The number of anilines is 1. The Morgan fingerprint density at radius 1 is 1.20 bits per heavy atom. The van der Waals surface area contributed by atoms with Crippen molar-refractivity contribution < 1.29 is 24.8 Å². The van der Waals surface area contributed by atoms with Crippen LogP contribution in [0.4, 0.5) is 5.69 Å². The Balaban J connectivity index is 1.95. The lowest BCUT2D eigenvalue weighted by atomic mass is 10.0. The summed E-state index contributed by atoms with van der Waals surface area (Å²) in [7, 11) is 0. The number of hydrogen-bond donors (Lipinski definition) is 5. The van der Waals surface area contributed by atoms with Gasteiger partial charge in [-0.15, -0.1) is 0 Å². The van der Waals surface area contributed by atoms with Gasteiger partial charge in [-0.05, 0) is 17.7 Å². The number of thiol groups is 1. The second-order valence-corrected chi connectivity index (χ2v) is 5.35. The molecule has 1 aromatic rings. The van der Waals surface area contributed by atoms with Gasteiger partial charge in [0.2, 0.25) is 0 Å². The Labute approximate surface area is 122 Å². The lowest BCUT2D eigenvalue weighted by molar-refractivity contribution is -0.255. The minimum atomic E-state index is -1.18. The standard InChI is InChI=1S/C13H19NO5S/c14-8-3-1-7(2-4-8)6-18-13-12(20)11(17)10(16)9(5-15)19-13/h1-4,9-13,15-17,20H,5-6,14H2/t9-,10+,11+,12-,13?/m1/s1. The molecule has 7 heteroatoms. The second-order valence-electron chi connectivity index (χ2n) is 4.75. The molecule has 5 atom stereocenters. The lowest BCUT2D eigenvalue weighted by Gasteiger charge is -2.40. The normalized spacial score (nSPS) is 34.1. The highest BCUT2D eigenvalue weighted by Crippen LogP contribution is 2.26. The van der Waals surface area contributed by atoms with Crippen LogP contribution in [0.5, 0.6) is 0 Å². The van der Waals surface area contributed by atoms with Crippen LogP contribution in [0.2, 0.25) is 0 Å². The van der Waals surface area contributed by atoms with Crippen LogP contribution in [0, 0.1) is 0 Å². The van der Waals surface area contributed by atoms with Crippen LogP contribution in [0.15, 0.2) is 24.3 Å². The second kappa shape index (κ2) is 6.75. The number of benzene rings is 1. The first kappa shape index (κ1) is 15.6. The topological polar surface area (TPSA) is 105 Å². The average Bonchev–Trinajstić information content (AvgIpc) is 2.46. The van der Waals surface area contributed by atoms with Crippen molar-refractivity contribution in [2.45, 2.75) is 36.5 Å². The van der Waals surface area contributed by atoms with Gasteiger partial charge in [0, 0.05) is 5.69 Å². The summed E-state index contributed by atoms with van der Waals surface area (Å²) in [5.74, 6) is 0. The highest BCUT2D eigenvalue weighted by atomic mass is 32.1. The van der Waals surface area contributed by atoms with Crippen molar-refractivity contribution in [3.63, 3.8) is 0 Å². The van der Waals surface area contributed by atoms with Crippen LogP contribution in [0.3, 0.4) is 0 Å². The van der Waals surface area contributed by atoms with Gasteiger partial charge in [-0.3, -0.25) is 0 Å². The fourth-order valence-corrected chi connectivity index (χ4v) is 2.33. The fourth-order valence-electron chi connectivity index (χ4n) is 2.00. The van der Waals surface area contributed by atoms with E-state index >= 15 is 0 Å². The molecule has 1 unspecified atom stereocenters. The molecule has 1 fully saturated rings. The lowest BCUT2D eigenvalue weighted by Crippen LogP contribution is -2.57. The SMILES string of the molecule is Nc1ccc(COC2O[C@H](CO)[C@H](O)[C@H](O)[C@H]2S)cc1. The molecule has 5 N–H and O–H groups in total. The van der Waals surface area contributed by atoms with Crippen LogP contribution in [-0.4, -0.2) is 51.8 Å². The molecule has 112 valence electrons. The maximum absolute atomic E-state index is 9.84. The summed E-state index contributed by atoms with van der Waals surface area (Å²) in [6.07, 6.45) is -4.00. The molecule has 2 rings (SSSR count). The number of aliphatic hydroxyl groups excluding tert-OH is 3. The van der Waals surface area contributed by atoms with Crippen LogP contribution in [0.25, 0.3) is 0 Å². The quantitative estimate of drug-likeness (QED) is 0.380. The molecule has 0 aliphatic carbocycles. The molecular weight excluding hydrogens is 282 g/mol. The van der Waals surface area contributed by atoms with Crippen LogP contribution >= 0.6 is 12.6 Å². The number of aliphatic hydroxyl groups is 3. The number of nitrogen functional groups attached to an aromatic ring is 1. The van der Waals surface area contributed by atoms with Gasteiger partial charge in [-0.25, -0.2) is 0 Å². The predicted molar refractivity (Wildman–Crippen MR) is 76.2 cm³/mol. The van der Waals surface area contributed by atoms with Gasteiger partial charge in [0.05, 0.1) is 24.6 Å². The molecule has 6 nitrogen and oxygen atoms in total. The molecule has 1 saturated heterocycles. The Bertz CT molecular complexity index is 427. The van der Waals surface area contributed by atoms with E-state index < -0.39 is 36.5 Å². The molecular formula is C13H19NO5S. The summed E-state index contributed by atoms with van der Waals surface area (Å²) in [5, 5.41) is 27.9. The van der Waals surface area contributed by atoms with E-state index in [4.69, 9.17) is 20.3 Å². The highest BCUT2D eigenvalue weighted by molar-refractivity contribution is 7.81. The van der Waals surface area contributed by atoms with Crippen molar-refractivity contribution >= 4 is 18.3 Å². The van der Waals surface area contributed by atoms with Gasteiger partial charge in [0.15, 0.2) is 6.29 Å². The zero-order valence-electron chi connectivity index (χ0n) is 10.8. The van der Waals surface area contributed by atoms with E-state index in [-0.39, 0.29) is 6.61 Å². The monoisotopic (exact) mass is 301 g/mol. The molecule has 0 amide bonds. The highest BCUT2D eigenvalue weighted by Gasteiger charge is 2.43. The maximum atomic E-state index is 9.84. The van der Waals surface area contributed by atoms with E-state index in [0.29, 0.717) is 5.69 Å². The molecule has 1 aliphatic heterocycles. The number of nitrogens with two attached hydrogens (primary N) is 1. The van der Waals surface area contributed by atoms with Crippen molar-refractivity contribution in [1.82, 2.24) is 0 Å². The first-order valence-electron chi connectivity index (χ1n) is 6.29. The summed E-state index contributed by atoms with van der Waals surface area (Å²) in [6, 6.07) is 7.16. The fraction of sp³-hybridized carbons (Fsp3) is 0.538. The van der Waals surface area contributed by atoms with Gasteiger partial charge >= 0.3 is 0 Å².